The molecule has 0 aromatic heterocycles. The molecule has 0 heterocycles. The summed E-state index contributed by atoms with van der Waals surface area (Å²) in [5.41, 5.74) is 0. The zero-order chi connectivity index (χ0) is 11.1. The summed E-state index contributed by atoms with van der Waals surface area (Å²) in [6.45, 7) is 3.64. The first-order valence-electron chi connectivity index (χ1n) is 4.89. The summed E-state index contributed by atoms with van der Waals surface area (Å²) in [5.74, 6) is 0.740. The Kier molecular flexibility index (Phi) is 6.06. The van der Waals surface area contributed by atoms with Gasteiger partial charge in [-0.2, -0.15) is 0 Å². The summed E-state index contributed by atoms with van der Waals surface area (Å²) < 4.78 is 1.08. The van der Waals surface area contributed by atoms with Crippen molar-refractivity contribution in [1.29, 1.82) is 0 Å². The molecule has 1 atom stereocenters. The van der Waals surface area contributed by atoms with Gasteiger partial charge in [-0.1, -0.05) is 28.1 Å². The van der Waals surface area contributed by atoms with E-state index in [1.807, 2.05) is 18.2 Å². The van der Waals surface area contributed by atoms with Crippen molar-refractivity contribution in [2.75, 3.05) is 5.75 Å². The molecular weight excluding hydrogens is 272 g/mol. The van der Waals surface area contributed by atoms with Crippen LogP contribution in [-0.4, -0.2) is 17.0 Å². The molecule has 0 aliphatic heterocycles. The minimum Gasteiger partial charge on any atom is -0.392 e. The topological polar surface area (TPSA) is 20.2 Å². The summed E-state index contributed by atoms with van der Waals surface area (Å²) in [5, 5.41) is 9.63. The van der Waals surface area contributed by atoms with E-state index in [1.54, 1.807) is 11.8 Å². The number of aliphatic hydroxyl groups is 1. The van der Waals surface area contributed by atoms with E-state index >= 15 is 0 Å². The van der Waals surface area contributed by atoms with Crippen LogP contribution in [0.5, 0.6) is 0 Å². The van der Waals surface area contributed by atoms with Crippen LogP contribution >= 0.6 is 27.7 Å². The summed E-state index contributed by atoms with van der Waals surface area (Å²) in [6, 6.07) is 8.11. The largest absolute Gasteiger partial charge is 0.392 e. The summed E-state index contributed by atoms with van der Waals surface area (Å²) in [7, 11) is 0. The Labute approximate surface area is 104 Å². The van der Waals surface area contributed by atoms with Crippen molar-refractivity contribution in [2.24, 2.45) is 0 Å². The molecule has 1 aromatic carbocycles. The summed E-state index contributed by atoms with van der Waals surface area (Å²) >= 11 is 5.10. The van der Waals surface area contributed by atoms with Crippen LogP contribution in [0.2, 0.25) is 0 Å². The second-order valence-corrected chi connectivity index (χ2v) is 5.30. The second kappa shape index (κ2) is 7.09. The average molecular weight is 287 g/mol. The maximum Gasteiger partial charge on any atom is 0.0637 e. The Hall–Kier alpha value is -0.250. The number of thioether (sulfide) groups is 1. The molecule has 1 rings (SSSR count). The van der Waals surface area contributed by atoms with Gasteiger partial charge < -0.3 is 5.11 Å². The van der Waals surface area contributed by atoms with Gasteiger partial charge in [0.2, 0.25) is 0 Å². The van der Waals surface area contributed by atoms with Crippen LogP contribution in [0.3, 0.4) is 0 Å². The minimum atomic E-state index is -0.244. The lowest BCUT2D eigenvalue weighted by Gasteiger charge is -2.08. The van der Waals surface area contributed by atoms with E-state index in [-0.39, 0.29) is 6.10 Å². The van der Waals surface area contributed by atoms with Crippen molar-refractivity contribution in [2.45, 2.75) is 23.8 Å². The SMILES string of the molecule is C=CCCC(O)CSc1cccc(Br)c1. The van der Waals surface area contributed by atoms with Crippen molar-refractivity contribution in [3.05, 3.63) is 41.4 Å². The van der Waals surface area contributed by atoms with Crippen LogP contribution < -0.4 is 0 Å². The lowest BCUT2D eigenvalue weighted by molar-refractivity contribution is 0.190. The van der Waals surface area contributed by atoms with Gasteiger partial charge in [0.05, 0.1) is 6.10 Å². The second-order valence-electron chi connectivity index (χ2n) is 3.29. The molecule has 82 valence electrons. The van der Waals surface area contributed by atoms with E-state index in [9.17, 15) is 5.11 Å². The maximum atomic E-state index is 9.63. The number of allylic oxidation sites excluding steroid dienone is 1. The first kappa shape index (κ1) is 12.8. The fraction of sp³-hybridized carbons (Fsp3) is 0.333. The Morgan fingerprint density at radius 1 is 1.53 bits per heavy atom. The van der Waals surface area contributed by atoms with Crippen molar-refractivity contribution in [1.82, 2.24) is 0 Å². The summed E-state index contributed by atoms with van der Waals surface area (Å²) in [4.78, 5) is 1.18. The smallest absolute Gasteiger partial charge is 0.0637 e. The predicted octanol–water partition coefficient (Wildman–Crippen LogP) is 3.87. The number of hydrogen-bond acceptors (Lipinski definition) is 2. The molecule has 0 spiro atoms. The molecule has 0 saturated heterocycles. The zero-order valence-corrected chi connectivity index (χ0v) is 10.9. The van der Waals surface area contributed by atoms with E-state index in [2.05, 4.69) is 34.6 Å². The monoisotopic (exact) mass is 286 g/mol. The van der Waals surface area contributed by atoms with E-state index in [1.165, 1.54) is 4.90 Å². The van der Waals surface area contributed by atoms with Gasteiger partial charge in [-0.25, -0.2) is 0 Å². The van der Waals surface area contributed by atoms with Gasteiger partial charge in [-0.3, -0.25) is 0 Å². The molecular formula is C12H15BrOS. The Balaban J connectivity index is 2.33. The maximum absolute atomic E-state index is 9.63. The van der Waals surface area contributed by atoms with Crippen molar-refractivity contribution >= 4 is 27.7 Å². The third-order valence-electron chi connectivity index (χ3n) is 1.94. The molecule has 0 saturated carbocycles. The quantitative estimate of drug-likeness (QED) is 0.633. The number of hydrogen-bond donors (Lipinski definition) is 1. The molecule has 1 nitrogen and oxygen atoms in total. The highest BCUT2D eigenvalue weighted by Gasteiger charge is 2.03. The number of benzene rings is 1. The molecule has 0 aliphatic rings. The molecule has 0 amide bonds. The van der Waals surface area contributed by atoms with Gasteiger partial charge in [0.25, 0.3) is 0 Å². The van der Waals surface area contributed by atoms with Gasteiger partial charge >= 0.3 is 0 Å². The minimum absolute atomic E-state index is 0.244. The molecule has 1 unspecified atom stereocenters. The number of halogens is 1. The van der Waals surface area contributed by atoms with Crippen LogP contribution in [0.15, 0.2) is 46.3 Å². The third-order valence-corrected chi connectivity index (χ3v) is 3.57. The van der Waals surface area contributed by atoms with Crippen LogP contribution in [-0.2, 0) is 0 Å². The highest BCUT2D eigenvalue weighted by atomic mass is 79.9. The lowest BCUT2D eigenvalue weighted by Crippen LogP contribution is -2.08. The van der Waals surface area contributed by atoms with Crippen molar-refractivity contribution < 1.29 is 5.11 Å². The van der Waals surface area contributed by atoms with Gasteiger partial charge in [-0.05, 0) is 31.0 Å². The van der Waals surface area contributed by atoms with Gasteiger partial charge in [-0.15, -0.1) is 18.3 Å². The Morgan fingerprint density at radius 3 is 3.00 bits per heavy atom. The average Bonchev–Trinajstić information content (AvgIpc) is 2.23. The molecule has 0 fully saturated rings. The van der Waals surface area contributed by atoms with Crippen LogP contribution in [0, 0.1) is 0 Å². The van der Waals surface area contributed by atoms with Gasteiger partial charge in [0.15, 0.2) is 0 Å². The van der Waals surface area contributed by atoms with Crippen LogP contribution in [0.4, 0.5) is 0 Å². The Bertz CT molecular complexity index is 314. The third kappa shape index (κ3) is 5.40. The normalized spacial score (nSPS) is 12.4. The van der Waals surface area contributed by atoms with Crippen molar-refractivity contribution in [3.63, 3.8) is 0 Å². The van der Waals surface area contributed by atoms with Crippen LogP contribution in [0.1, 0.15) is 12.8 Å². The molecule has 1 aromatic rings. The molecule has 15 heavy (non-hydrogen) atoms. The number of aliphatic hydroxyl groups excluding tert-OH is 1. The molecule has 0 aliphatic carbocycles. The fourth-order valence-electron chi connectivity index (χ4n) is 1.14. The van der Waals surface area contributed by atoms with E-state index in [4.69, 9.17) is 0 Å². The lowest BCUT2D eigenvalue weighted by atomic mass is 10.2. The first-order valence-corrected chi connectivity index (χ1v) is 6.67. The van der Waals surface area contributed by atoms with E-state index < -0.39 is 0 Å². The molecule has 3 heteroatoms. The first-order chi connectivity index (χ1) is 7.22. The molecule has 1 N–H and O–H groups in total. The highest BCUT2D eigenvalue weighted by molar-refractivity contribution is 9.10. The van der Waals surface area contributed by atoms with Crippen LogP contribution in [0.25, 0.3) is 0 Å². The number of rotatable bonds is 6. The van der Waals surface area contributed by atoms with Gasteiger partial charge in [0, 0.05) is 15.1 Å². The standard InChI is InChI=1S/C12H15BrOS/c1-2-3-6-11(14)9-15-12-7-4-5-10(13)8-12/h2,4-5,7-8,11,14H,1,3,6,9H2. The fourth-order valence-corrected chi connectivity index (χ4v) is 2.63. The van der Waals surface area contributed by atoms with E-state index in [0.717, 1.165) is 23.1 Å². The van der Waals surface area contributed by atoms with Crippen molar-refractivity contribution in [3.8, 4) is 0 Å². The molecule has 0 radical (unpaired) electrons. The Morgan fingerprint density at radius 2 is 2.33 bits per heavy atom. The highest BCUT2D eigenvalue weighted by Crippen LogP contribution is 2.23. The summed E-state index contributed by atoms with van der Waals surface area (Å²) in [6.07, 6.45) is 3.27. The predicted molar refractivity (Wildman–Crippen MR) is 70.3 cm³/mol. The molecule has 0 bridgehead atoms. The van der Waals surface area contributed by atoms with Gasteiger partial charge in [0.1, 0.15) is 0 Å². The zero-order valence-electron chi connectivity index (χ0n) is 8.53. The van der Waals surface area contributed by atoms with E-state index in [0.29, 0.717) is 0 Å².